The Labute approximate surface area is 242 Å². The number of carbonyl (C=O) groups excluding carboxylic acids is 1. The van der Waals surface area contributed by atoms with Gasteiger partial charge in [-0.2, -0.15) is 14.0 Å². The van der Waals surface area contributed by atoms with Crippen LogP contribution in [0.25, 0.3) is 27.3 Å². The molecular weight excluding hydrogens is 562 g/mol. The lowest BCUT2D eigenvalue weighted by Crippen LogP contribution is -2.43. The molecule has 0 aromatic carbocycles. The van der Waals surface area contributed by atoms with E-state index in [-0.39, 0.29) is 35.1 Å². The highest BCUT2D eigenvalue weighted by atomic mass is 32.1. The predicted octanol–water partition coefficient (Wildman–Crippen LogP) is 2.16. The van der Waals surface area contributed by atoms with Gasteiger partial charge >= 0.3 is 0 Å². The van der Waals surface area contributed by atoms with E-state index in [1.807, 2.05) is 11.0 Å². The third-order valence-electron chi connectivity index (χ3n) is 7.81. The maximum absolute atomic E-state index is 12.8. The molecule has 1 saturated carbocycles. The van der Waals surface area contributed by atoms with Gasteiger partial charge in [0.2, 0.25) is 17.0 Å². The summed E-state index contributed by atoms with van der Waals surface area (Å²) in [5.74, 6) is 0.251. The number of anilines is 2. The first-order chi connectivity index (χ1) is 20.5. The van der Waals surface area contributed by atoms with Crippen LogP contribution in [-0.2, 0) is 11.2 Å². The van der Waals surface area contributed by atoms with Crippen LogP contribution in [0.15, 0.2) is 38.4 Å². The van der Waals surface area contributed by atoms with Gasteiger partial charge in [0.05, 0.1) is 41.1 Å². The highest BCUT2D eigenvalue weighted by Gasteiger charge is 2.27. The molecule has 2 aliphatic rings. The third-order valence-corrected chi connectivity index (χ3v) is 8.67. The van der Waals surface area contributed by atoms with Gasteiger partial charge in [-0.3, -0.25) is 9.59 Å². The number of aromatic nitrogens is 5. The Hall–Kier alpha value is -4.34. The first-order valence-electron chi connectivity index (χ1n) is 13.8. The molecule has 5 aromatic heterocycles. The van der Waals surface area contributed by atoms with Gasteiger partial charge in [0.15, 0.2) is 17.1 Å². The summed E-state index contributed by atoms with van der Waals surface area (Å²) in [5.41, 5.74) is 14.6. The first kappa shape index (κ1) is 26.6. The van der Waals surface area contributed by atoms with Crippen LogP contribution in [0.3, 0.4) is 0 Å². The number of fused-ring (bicyclic) bond motifs is 2. The van der Waals surface area contributed by atoms with Gasteiger partial charge in [-0.25, -0.2) is 9.97 Å². The van der Waals surface area contributed by atoms with Gasteiger partial charge in [0, 0.05) is 31.6 Å². The van der Waals surface area contributed by atoms with Crippen LogP contribution in [0.4, 0.5) is 11.8 Å². The van der Waals surface area contributed by atoms with Crippen LogP contribution in [0, 0.1) is 0 Å². The fourth-order valence-electron chi connectivity index (χ4n) is 5.64. The zero-order valence-electron chi connectivity index (χ0n) is 22.6. The number of rotatable bonds is 7. The average molecular weight is 592 g/mol. The lowest BCUT2D eigenvalue weighted by Gasteiger charge is -2.29. The van der Waals surface area contributed by atoms with Crippen LogP contribution in [0.5, 0.6) is 0 Å². The van der Waals surface area contributed by atoms with Gasteiger partial charge in [0.25, 0.3) is 5.91 Å². The zero-order valence-corrected chi connectivity index (χ0v) is 23.4. The molecule has 0 unspecified atom stereocenters. The number of hydrogen-bond acceptors (Lipinski definition) is 13. The van der Waals surface area contributed by atoms with E-state index in [1.165, 1.54) is 34.7 Å². The third kappa shape index (κ3) is 4.78. The number of hydrogen-bond donors (Lipinski definition) is 3. The highest BCUT2D eigenvalue weighted by Crippen LogP contribution is 2.35. The minimum Gasteiger partial charge on any atom is -0.456 e. The molecule has 2 atom stereocenters. The lowest BCUT2D eigenvalue weighted by molar-refractivity contribution is 0.1000. The second kappa shape index (κ2) is 10.8. The summed E-state index contributed by atoms with van der Waals surface area (Å²) in [6.07, 6.45) is 7.06. The molecule has 1 aliphatic carbocycles. The largest absolute Gasteiger partial charge is 0.456 e. The quantitative estimate of drug-likeness (QED) is 0.250. The molecule has 0 bridgehead atoms. The van der Waals surface area contributed by atoms with E-state index >= 15 is 0 Å². The fourth-order valence-corrected chi connectivity index (χ4v) is 6.40. The Morgan fingerprint density at radius 1 is 1.17 bits per heavy atom. The summed E-state index contributed by atoms with van der Waals surface area (Å²) in [6, 6.07) is 3.31. The summed E-state index contributed by atoms with van der Waals surface area (Å²) < 4.78 is 23.3. The molecular formula is C27H29N9O5S. The minimum absolute atomic E-state index is 0.0168. The van der Waals surface area contributed by atoms with Crippen molar-refractivity contribution in [1.29, 1.82) is 0 Å². The molecule has 5 aromatic rings. The number of furan rings is 1. The molecule has 1 amide bonds. The van der Waals surface area contributed by atoms with E-state index < -0.39 is 5.91 Å². The van der Waals surface area contributed by atoms with E-state index in [1.54, 1.807) is 0 Å². The molecule has 1 saturated heterocycles. The maximum Gasteiger partial charge on any atom is 0.254 e. The lowest BCUT2D eigenvalue weighted by atomic mass is 9.91. The van der Waals surface area contributed by atoms with Crippen molar-refractivity contribution in [3.05, 3.63) is 51.9 Å². The minimum atomic E-state index is -0.662. The molecule has 1 aliphatic heterocycles. The molecule has 42 heavy (non-hydrogen) atoms. The second-order valence-electron chi connectivity index (χ2n) is 10.5. The number of morpholine rings is 1. The van der Waals surface area contributed by atoms with Crippen LogP contribution in [0.2, 0.25) is 0 Å². The van der Waals surface area contributed by atoms with E-state index in [4.69, 9.17) is 30.0 Å². The van der Waals surface area contributed by atoms with Crippen molar-refractivity contribution >= 4 is 46.1 Å². The van der Waals surface area contributed by atoms with Gasteiger partial charge in [-0.1, -0.05) is 12.8 Å². The summed E-state index contributed by atoms with van der Waals surface area (Å²) in [7, 11) is 0. The fraction of sp³-hybridized carbons (Fsp3) is 0.407. The summed E-state index contributed by atoms with van der Waals surface area (Å²) in [6.45, 7) is 2.37. The van der Waals surface area contributed by atoms with Crippen LogP contribution in [-0.4, -0.2) is 68.2 Å². The molecule has 15 heteroatoms. The van der Waals surface area contributed by atoms with Crippen molar-refractivity contribution < 1.29 is 18.4 Å². The Morgan fingerprint density at radius 2 is 2.00 bits per heavy atom. The monoisotopic (exact) mass is 591 g/mol. The molecule has 0 spiro atoms. The van der Waals surface area contributed by atoms with E-state index in [9.17, 15) is 9.59 Å². The number of nitrogens with one attached hydrogen (secondary N) is 1. The SMILES string of the molecule is NC(=O)c1c(Cc2cc(-c3coc4c(=O)cc(N5CCOCC5)oc34)sn2)nc(N[C@H]2CCCC[C@H]2N)n2ncnc12. The average Bonchev–Trinajstić information content (AvgIpc) is 3.75. The van der Waals surface area contributed by atoms with Gasteiger partial charge < -0.3 is 35.3 Å². The van der Waals surface area contributed by atoms with E-state index in [2.05, 4.69) is 19.8 Å². The van der Waals surface area contributed by atoms with Crippen LogP contribution < -0.4 is 27.1 Å². The highest BCUT2D eigenvalue weighted by molar-refractivity contribution is 7.09. The Morgan fingerprint density at radius 3 is 2.81 bits per heavy atom. The van der Waals surface area contributed by atoms with Gasteiger partial charge in [-0.05, 0) is 30.4 Å². The summed E-state index contributed by atoms with van der Waals surface area (Å²) in [5, 5.41) is 7.70. The zero-order chi connectivity index (χ0) is 28.8. The molecule has 5 N–H and O–H groups in total. The topological polar surface area (TPSA) is 193 Å². The van der Waals surface area contributed by atoms with Gasteiger partial charge in [-0.15, -0.1) is 0 Å². The summed E-state index contributed by atoms with van der Waals surface area (Å²) >= 11 is 1.23. The number of nitrogens with zero attached hydrogens (tertiary/aromatic N) is 6. The summed E-state index contributed by atoms with van der Waals surface area (Å²) in [4.78, 5) is 37.2. The smallest absolute Gasteiger partial charge is 0.254 e. The van der Waals surface area contributed by atoms with Crippen LogP contribution in [0.1, 0.15) is 47.4 Å². The second-order valence-corrected chi connectivity index (χ2v) is 11.3. The number of amides is 1. The van der Waals surface area contributed by atoms with Crippen molar-refractivity contribution in [2.75, 3.05) is 36.5 Å². The number of carbonyl (C=O) groups is 1. The van der Waals surface area contributed by atoms with Crippen molar-refractivity contribution in [1.82, 2.24) is 24.0 Å². The Balaban J connectivity index is 1.23. The van der Waals surface area contributed by atoms with Crippen molar-refractivity contribution in [3.8, 4) is 10.4 Å². The Bertz CT molecular complexity index is 1840. The van der Waals surface area contributed by atoms with Crippen molar-refractivity contribution in [2.24, 2.45) is 11.5 Å². The van der Waals surface area contributed by atoms with E-state index in [0.29, 0.717) is 66.3 Å². The van der Waals surface area contributed by atoms with Crippen molar-refractivity contribution in [2.45, 2.75) is 44.2 Å². The molecule has 7 rings (SSSR count). The number of ether oxygens (including phenoxy) is 1. The molecule has 2 fully saturated rings. The normalized spacial score (nSPS) is 19.5. The van der Waals surface area contributed by atoms with Crippen molar-refractivity contribution in [3.63, 3.8) is 0 Å². The molecule has 0 radical (unpaired) electrons. The Kier molecular flexibility index (Phi) is 6.84. The standard InChI is InChI=1S/C27H29N9O5S/c28-16-3-1-2-4-17(16)32-27-33-18(22(25(29)38)26-30-13-31-36(26)27)9-14-10-20(42-34-14)15-12-40-24-19(37)11-21(41-23(15)24)35-5-7-39-8-6-35/h10-13,16-17H,1-9,28H2,(H2,29,38)(H,32,33)/t16-,17+/m1/s1. The molecule has 14 nitrogen and oxygen atoms in total. The molecule has 6 heterocycles. The maximum atomic E-state index is 12.8. The van der Waals surface area contributed by atoms with E-state index in [0.717, 1.165) is 30.6 Å². The number of nitrogens with two attached hydrogens (primary N) is 2. The first-order valence-corrected chi connectivity index (χ1v) is 14.6. The van der Waals surface area contributed by atoms with Crippen LogP contribution >= 0.6 is 11.5 Å². The predicted molar refractivity (Wildman–Crippen MR) is 155 cm³/mol. The van der Waals surface area contributed by atoms with Gasteiger partial charge in [0.1, 0.15) is 18.2 Å². The number of primary amides is 1. The molecule has 218 valence electrons.